The molecule has 0 radical (unpaired) electrons. The topological polar surface area (TPSA) is 49.6 Å². The van der Waals surface area contributed by atoms with Crippen LogP contribution in [-0.2, 0) is 6.18 Å². The van der Waals surface area contributed by atoms with Gasteiger partial charge in [0.15, 0.2) is 0 Å². The number of aromatic nitrogens is 2. The van der Waals surface area contributed by atoms with Crippen LogP contribution in [0.5, 0.6) is 0 Å². The minimum Gasteiger partial charge on any atom is -0.265 e. The van der Waals surface area contributed by atoms with Gasteiger partial charge in [-0.25, -0.2) is 4.98 Å². The zero-order valence-corrected chi connectivity index (χ0v) is 13.5. The summed E-state index contributed by atoms with van der Waals surface area (Å²) in [5.41, 5.74) is 0.709. The maximum absolute atomic E-state index is 13.1. The number of halogens is 3. The van der Waals surface area contributed by atoms with Crippen molar-refractivity contribution in [3.63, 3.8) is 0 Å². The Morgan fingerprint density at radius 1 is 1.12 bits per heavy atom. The van der Waals surface area contributed by atoms with Crippen LogP contribution in [0.25, 0.3) is 22.9 Å². The molecule has 2 aromatic heterocycles. The molecule has 0 aliphatic heterocycles. The Hall–Kier alpha value is -2.98. The lowest BCUT2D eigenvalue weighted by Gasteiger charge is -2.09. The Bertz CT molecular complexity index is 953. The van der Waals surface area contributed by atoms with E-state index >= 15 is 0 Å². The van der Waals surface area contributed by atoms with Crippen molar-refractivity contribution >= 4 is 23.0 Å². The van der Waals surface area contributed by atoms with E-state index in [2.05, 4.69) is 9.97 Å². The number of pyridine rings is 1. The summed E-state index contributed by atoms with van der Waals surface area (Å²) in [5, 5.41) is 11.5. The van der Waals surface area contributed by atoms with Crippen LogP contribution in [0.1, 0.15) is 16.1 Å². The van der Waals surface area contributed by atoms with Gasteiger partial charge in [-0.15, -0.1) is 11.3 Å². The molecule has 0 saturated carbocycles. The second-order valence-corrected chi connectivity index (χ2v) is 5.89. The van der Waals surface area contributed by atoms with Gasteiger partial charge in [-0.3, -0.25) is 4.98 Å². The molecule has 1 aromatic carbocycles. The molecule has 2 heterocycles. The highest BCUT2D eigenvalue weighted by atomic mass is 32.1. The Morgan fingerprint density at radius 2 is 1.84 bits per heavy atom. The fourth-order valence-corrected chi connectivity index (χ4v) is 3.03. The van der Waals surface area contributed by atoms with Gasteiger partial charge in [0.1, 0.15) is 11.1 Å². The normalized spacial score (nSPS) is 12.0. The highest BCUT2D eigenvalue weighted by Crippen LogP contribution is 2.34. The van der Waals surface area contributed by atoms with E-state index in [1.54, 1.807) is 29.9 Å². The average molecular weight is 357 g/mol. The summed E-state index contributed by atoms with van der Waals surface area (Å²) in [5.74, 6) is 0. The molecule has 7 heteroatoms. The second kappa shape index (κ2) is 6.87. The van der Waals surface area contributed by atoms with Gasteiger partial charge in [0.05, 0.1) is 16.8 Å². The van der Waals surface area contributed by atoms with Crippen molar-refractivity contribution in [3.8, 4) is 17.3 Å². The first kappa shape index (κ1) is 16.9. The van der Waals surface area contributed by atoms with E-state index in [0.29, 0.717) is 10.7 Å². The van der Waals surface area contributed by atoms with Crippen molar-refractivity contribution in [2.45, 2.75) is 6.18 Å². The van der Waals surface area contributed by atoms with E-state index in [4.69, 9.17) is 0 Å². The van der Waals surface area contributed by atoms with Crippen LogP contribution in [0.4, 0.5) is 13.2 Å². The van der Waals surface area contributed by atoms with E-state index in [1.165, 1.54) is 35.6 Å². The zero-order chi connectivity index (χ0) is 17.9. The molecule has 0 saturated heterocycles. The molecule has 0 atom stereocenters. The van der Waals surface area contributed by atoms with Crippen LogP contribution in [0.2, 0.25) is 0 Å². The molecule has 0 bridgehead atoms. The van der Waals surface area contributed by atoms with E-state index in [0.717, 1.165) is 11.6 Å². The average Bonchev–Trinajstić information content (AvgIpc) is 3.10. The first-order valence-corrected chi connectivity index (χ1v) is 8.01. The van der Waals surface area contributed by atoms with Crippen LogP contribution in [-0.4, -0.2) is 9.97 Å². The lowest BCUT2D eigenvalue weighted by Crippen LogP contribution is -2.07. The Kier molecular flexibility index (Phi) is 4.63. The van der Waals surface area contributed by atoms with Gasteiger partial charge in [0.25, 0.3) is 0 Å². The molecule has 124 valence electrons. The van der Waals surface area contributed by atoms with Crippen LogP contribution in [0, 0.1) is 11.3 Å². The number of nitrogens with zero attached hydrogens (tertiary/aromatic N) is 3. The molecule has 3 rings (SSSR count). The van der Waals surface area contributed by atoms with Crippen molar-refractivity contribution in [1.82, 2.24) is 9.97 Å². The SMILES string of the molecule is N#C/C(=C/c1ccccc1C(F)(F)F)c1nc(-c2ccncc2)cs1. The number of hydrogen-bond donors (Lipinski definition) is 0. The third kappa shape index (κ3) is 3.75. The first-order valence-electron chi connectivity index (χ1n) is 7.13. The molecule has 0 amide bonds. The van der Waals surface area contributed by atoms with E-state index in [-0.39, 0.29) is 11.1 Å². The van der Waals surface area contributed by atoms with E-state index in [9.17, 15) is 18.4 Å². The van der Waals surface area contributed by atoms with Crippen LogP contribution in [0.3, 0.4) is 0 Å². The van der Waals surface area contributed by atoms with Crippen molar-refractivity contribution in [3.05, 3.63) is 70.3 Å². The number of nitriles is 1. The molecule has 0 fully saturated rings. The number of rotatable bonds is 3. The van der Waals surface area contributed by atoms with Crippen molar-refractivity contribution < 1.29 is 13.2 Å². The van der Waals surface area contributed by atoms with Crippen LogP contribution >= 0.6 is 11.3 Å². The van der Waals surface area contributed by atoms with Crippen molar-refractivity contribution in [1.29, 1.82) is 5.26 Å². The monoisotopic (exact) mass is 357 g/mol. The fourth-order valence-electron chi connectivity index (χ4n) is 2.23. The maximum Gasteiger partial charge on any atom is 0.416 e. The summed E-state index contributed by atoms with van der Waals surface area (Å²) >= 11 is 1.21. The fraction of sp³-hybridized carbons (Fsp3) is 0.0556. The number of hydrogen-bond acceptors (Lipinski definition) is 4. The number of allylic oxidation sites excluding steroid dienone is 1. The summed E-state index contributed by atoms with van der Waals surface area (Å²) in [4.78, 5) is 8.28. The van der Waals surface area contributed by atoms with E-state index < -0.39 is 11.7 Å². The highest BCUT2D eigenvalue weighted by Gasteiger charge is 2.32. The third-order valence-electron chi connectivity index (χ3n) is 3.40. The van der Waals surface area contributed by atoms with Gasteiger partial charge in [0.2, 0.25) is 0 Å². The summed E-state index contributed by atoms with van der Waals surface area (Å²) in [6.07, 6.45) is -0.0271. The van der Waals surface area contributed by atoms with Gasteiger partial charge in [-0.2, -0.15) is 18.4 Å². The van der Waals surface area contributed by atoms with E-state index in [1.807, 2.05) is 6.07 Å². The number of benzene rings is 1. The molecule has 0 unspecified atom stereocenters. The molecule has 0 N–H and O–H groups in total. The zero-order valence-electron chi connectivity index (χ0n) is 12.7. The molecule has 0 aliphatic rings. The molecule has 0 spiro atoms. The molecule has 3 aromatic rings. The lowest BCUT2D eigenvalue weighted by molar-refractivity contribution is -0.137. The summed E-state index contributed by atoms with van der Waals surface area (Å²) in [6.45, 7) is 0. The maximum atomic E-state index is 13.1. The molecule has 3 nitrogen and oxygen atoms in total. The Balaban J connectivity index is 2.01. The highest BCUT2D eigenvalue weighted by molar-refractivity contribution is 7.11. The minimum atomic E-state index is -4.49. The summed E-state index contributed by atoms with van der Waals surface area (Å²) in [6, 6.07) is 10.6. The summed E-state index contributed by atoms with van der Waals surface area (Å²) in [7, 11) is 0. The standard InChI is InChI=1S/C18H10F3N3S/c19-18(20,21)15-4-2-1-3-13(15)9-14(10-22)17-24-16(11-25-17)12-5-7-23-8-6-12/h1-9,11H/b14-9-. The van der Waals surface area contributed by atoms with Crippen LogP contribution in [0.15, 0.2) is 54.2 Å². The predicted octanol–water partition coefficient (Wildman–Crippen LogP) is 5.29. The van der Waals surface area contributed by atoms with Gasteiger partial charge in [0, 0.05) is 23.3 Å². The number of thiazole rings is 1. The first-order chi connectivity index (χ1) is 12.0. The Morgan fingerprint density at radius 3 is 2.52 bits per heavy atom. The lowest BCUT2D eigenvalue weighted by atomic mass is 10.0. The molecule has 25 heavy (non-hydrogen) atoms. The van der Waals surface area contributed by atoms with Crippen molar-refractivity contribution in [2.75, 3.05) is 0 Å². The smallest absolute Gasteiger partial charge is 0.265 e. The van der Waals surface area contributed by atoms with Crippen molar-refractivity contribution in [2.24, 2.45) is 0 Å². The molecular weight excluding hydrogens is 347 g/mol. The second-order valence-electron chi connectivity index (χ2n) is 5.03. The van der Waals surface area contributed by atoms with Gasteiger partial charge < -0.3 is 0 Å². The van der Waals surface area contributed by atoms with Gasteiger partial charge >= 0.3 is 6.18 Å². The van der Waals surface area contributed by atoms with Gasteiger partial charge in [-0.1, -0.05) is 18.2 Å². The quantitative estimate of drug-likeness (QED) is 0.599. The largest absolute Gasteiger partial charge is 0.416 e. The van der Waals surface area contributed by atoms with Gasteiger partial charge in [-0.05, 0) is 29.8 Å². The predicted molar refractivity (Wildman–Crippen MR) is 90.3 cm³/mol. The number of alkyl halides is 3. The molecule has 0 aliphatic carbocycles. The third-order valence-corrected chi connectivity index (χ3v) is 4.27. The Labute approximate surface area is 145 Å². The minimum absolute atomic E-state index is 0.0628. The van der Waals surface area contributed by atoms with Crippen LogP contribution < -0.4 is 0 Å². The molecular formula is C18H10F3N3S. The summed E-state index contributed by atoms with van der Waals surface area (Å²) < 4.78 is 39.3.